The Morgan fingerprint density at radius 1 is 1.19 bits per heavy atom. The summed E-state index contributed by atoms with van der Waals surface area (Å²) in [5.74, 6) is 0.743. The standard InChI is InChI=1S/C17H28ClN3/c1-4-19-12-15-5-6-16(18)11-17(15)21-9-7-20(8-10-21)13-14(2)3/h5-6,11,14,19H,4,7-10,12-13H2,1-3H3. The van der Waals surface area contributed by atoms with E-state index in [1.54, 1.807) is 0 Å². The second-order valence-electron chi connectivity index (χ2n) is 6.23. The molecule has 118 valence electrons. The summed E-state index contributed by atoms with van der Waals surface area (Å²) in [6.45, 7) is 14.3. The molecular formula is C17H28ClN3. The van der Waals surface area contributed by atoms with Gasteiger partial charge in [-0.15, -0.1) is 0 Å². The molecule has 1 heterocycles. The summed E-state index contributed by atoms with van der Waals surface area (Å²) in [4.78, 5) is 5.05. The molecule has 0 aliphatic carbocycles. The Kier molecular flexibility index (Phi) is 6.34. The van der Waals surface area contributed by atoms with Gasteiger partial charge in [0.25, 0.3) is 0 Å². The third kappa shape index (κ3) is 4.87. The molecule has 0 unspecified atom stereocenters. The number of hydrogen-bond donors (Lipinski definition) is 1. The summed E-state index contributed by atoms with van der Waals surface area (Å²) in [6, 6.07) is 6.26. The number of anilines is 1. The van der Waals surface area contributed by atoms with Crippen molar-refractivity contribution in [3.05, 3.63) is 28.8 Å². The van der Waals surface area contributed by atoms with E-state index in [2.05, 4.69) is 48.0 Å². The summed E-state index contributed by atoms with van der Waals surface area (Å²) in [7, 11) is 0. The minimum Gasteiger partial charge on any atom is -0.369 e. The Hall–Kier alpha value is -0.770. The van der Waals surface area contributed by atoms with Crippen molar-refractivity contribution in [3.8, 4) is 0 Å². The number of halogens is 1. The van der Waals surface area contributed by atoms with Crippen LogP contribution in [0.5, 0.6) is 0 Å². The van der Waals surface area contributed by atoms with Gasteiger partial charge in [0.05, 0.1) is 0 Å². The normalized spacial score (nSPS) is 16.7. The summed E-state index contributed by atoms with van der Waals surface area (Å²) in [5.41, 5.74) is 2.64. The van der Waals surface area contributed by atoms with Crippen LogP contribution in [0.4, 0.5) is 5.69 Å². The van der Waals surface area contributed by atoms with Gasteiger partial charge in [-0.05, 0) is 30.2 Å². The van der Waals surface area contributed by atoms with Gasteiger partial charge in [-0.1, -0.05) is 38.4 Å². The summed E-state index contributed by atoms with van der Waals surface area (Å²) >= 11 is 6.21. The van der Waals surface area contributed by atoms with Crippen molar-refractivity contribution in [2.24, 2.45) is 5.92 Å². The van der Waals surface area contributed by atoms with Gasteiger partial charge in [-0.25, -0.2) is 0 Å². The van der Waals surface area contributed by atoms with Crippen molar-refractivity contribution in [3.63, 3.8) is 0 Å². The molecule has 1 saturated heterocycles. The molecule has 1 aromatic carbocycles. The average molecular weight is 310 g/mol. The molecule has 1 aromatic rings. The molecule has 1 N–H and O–H groups in total. The Morgan fingerprint density at radius 2 is 1.90 bits per heavy atom. The van der Waals surface area contributed by atoms with E-state index in [9.17, 15) is 0 Å². The van der Waals surface area contributed by atoms with Gasteiger partial charge >= 0.3 is 0 Å². The van der Waals surface area contributed by atoms with Crippen LogP contribution in [0.3, 0.4) is 0 Å². The topological polar surface area (TPSA) is 18.5 Å². The number of piperazine rings is 1. The Labute approximate surface area is 134 Å². The minimum atomic E-state index is 0.743. The number of hydrogen-bond acceptors (Lipinski definition) is 3. The zero-order valence-corrected chi connectivity index (χ0v) is 14.3. The first-order chi connectivity index (χ1) is 10.1. The third-order valence-corrected chi connectivity index (χ3v) is 4.18. The number of nitrogens with zero attached hydrogens (tertiary/aromatic N) is 2. The molecule has 2 rings (SSSR count). The second-order valence-corrected chi connectivity index (χ2v) is 6.67. The van der Waals surface area contributed by atoms with E-state index in [0.29, 0.717) is 0 Å². The van der Waals surface area contributed by atoms with Crippen molar-refractivity contribution in [2.45, 2.75) is 27.3 Å². The van der Waals surface area contributed by atoms with E-state index in [4.69, 9.17) is 11.6 Å². The predicted molar refractivity (Wildman–Crippen MR) is 92.3 cm³/mol. The van der Waals surface area contributed by atoms with E-state index in [1.807, 2.05) is 6.07 Å². The fourth-order valence-electron chi connectivity index (χ4n) is 2.93. The number of nitrogens with one attached hydrogen (secondary N) is 1. The minimum absolute atomic E-state index is 0.743. The maximum atomic E-state index is 6.21. The van der Waals surface area contributed by atoms with E-state index in [1.165, 1.54) is 17.8 Å². The number of rotatable bonds is 6. The fraction of sp³-hybridized carbons (Fsp3) is 0.647. The molecule has 0 aromatic heterocycles. The maximum Gasteiger partial charge on any atom is 0.0427 e. The maximum absolute atomic E-state index is 6.21. The van der Waals surface area contributed by atoms with Gasteiger partial charge in [-0.3, -0.25) is 4.90 Å². The lowest BCUT2D eigenvalue weighted by atomic mass is 10.1. The molecule has 1 fully saturated rings. The predicted octanol–water partition coefficient (Wildman–Crippen LogP) is 3.23. The lowest BCUT2D eigenvalue weighted by Crippen LogP contribution is -2.47. The van der Waals surface area contributed by atoms with Crippen molar-refractivity contribution >= 4 is 17.3 Å². The van der Waals surface area contributed by atoms with E-state index in [-0.39, 0.29) is 0 Å². The van der Waals surface area contributed by atoms with Gasteiger partial charge in [0.15, 0.2) is 0 Å². The zero-order chi connectivity index (χ0) is 15.2. The first-order valence-corrected chi connectivity index (χ1v) is 8.44. The first kappa shape index (κ1) is 16.6. The van der Waals surface area contributed by atoms with Crippen LogP contribution in [-0.2, 0) is 6.54 Å². The van der Waals surface area contributed by atoms with Crippen molar-refractivity contribution in [1.82, 2.24) is 10.2 Å². The smallest absolute Gasteiger partial charge is 0.0427 e. The van der Waals surface area contributed by atoms with Gasteiger partial charge in [-0.2, -0.15) is 0 Å². The van der Waals surface area contributed by atoms with Crippen LogP contribution in [0.2, 0.25) is 5.02 Å². The van der Waals surface area contributed by atoms with Gasteiger partial charge < -0.3 is 10.2 Å². The Balaban J connectivity index is 2.03. The molecule has 21 heavy (non-hydrogen) atoms. The lowest BCUT2D eigenvalue weighted by Gasteiger charge is -2.37. The summed E-state index contributed by atoms with van der Waals surface area (Å²) < 4.78 is 0. The van der Waals surface area contributed by atoms with Crippen LogP contribution in [0.1, 0.15) is 26.3 Å². The van der Waals surface area contributed by atoms with E-state index >= 15 is 0 Å². The van der Waals surface area contributed by atoms with Crippen LogP contribution in [0, 0.1) is 5.92 Å². The molecule has 0 radical (unpaired) electrons. The number of benzene rings is 1. The monoisotopic (exact) mass is 309 g/mol. The summed E-state index contributed by atoms with van der Waals surface area (Å²) in [6.07, 6.45) is 0. The molecule has 1 aliphatic heterocycles. The summed E-state index contributed by atoms with van der Waals surface area (Å²) in [5, 5.41) is 4.25. The van der Waals surface area contributed by atoms with Crippen LogP contribution >= 0.6 is 11.6 Å². The SMILES string of the molecule is CCNCc1ccc(Cl)cc1N1CCN(CC(C)C)CC1. The highest BCUT2D eigenvalue weighted by Crippen LogP contribution is 2.26. The average Bonchev–Trinajstić information content (AvgIpc) is 2.46. The quantitative estimate of drug-likeness (QED) is 0.870. The van der Waals surface area contributed by atoms with Crippen molar-refractivity contribution < 1.29 is 0 Å². The lowest BCUT2D eigenvalue weighted by molar-refractivity contribution is 0.231. The first-order valence-electron chi connectivity index (χ1n) is 8.06. The molecule has 0 bridgehead atoms. The highest BCUT2D eigenvalue weighted by atomic mass is 35.5. The third-order valence-electron chi connectivity index (χ3n) is 3.95. The molecule has 0 atom stereocenters. The molecule has 0 spiro atoms. The van der Waals surface area contributed by atoms with Crippen molar-refractivity contribution in [2.75, 3.05) is 44.2 Å². The van der Waals surface area contributed by atoms with Crippen LogP contribution in [0.25, 0.3) is 0 Å². The van der Waals surface area contributed by atoms with Gasteiger partial charge in [0.1, 0.15) is 0 Å². The van der Waals surface area contributed by atoms with Crippen LogP contribution < -0.4 is 10.2 Å². The van der Waals surface area contributed by atoms with E-state index in [0.717, 1.165) is 50.2 Å². The molecule has 1 aliphatic rings. The second kappa shape index (κ2) is 8.02. The Bertz CT molecular complexity index is 440. The molecule has 4 heteroatoms. The zero-order valence-electron chi connectivity index (χ0n) is 13.5. The molecule has 0 saturated carbocycles. The highest BCUT2D eigenvalue weighted by molar-refractivity contribution is 6.30. The van der Waals surface area contributed by atoms with Crippen LogP contribution in [0.15, 0.2) is 18.2 Å². The highest BCUT2D eigenvalue weighted by Gasteiger charge is 2.19. The Morgan fingerprint density at radius 3 is 2.52 bits per heavy atom. The van der Waals surface area contributed by atoms with Gasteiger partial charge in [0, 0.05) is 50.0 Å². The van der Waals surface area contributed by atoms with Crippen LogP contribution in [-0.4, -0.2) is 44.2 Å². The molecule has 3 nitrogen and oxygen atoms in total. The largest absolute Gasteiger partial charge is 0.369 e. The fourth-order valence-corrected chi connectivity index (χ4v) is 3.09. The van der Waals surface area contributed by atoms with E-state index < -0.39 is 0 Å². The van der Waals surface area contributed by atoms with Crippen molar-refractivity contribution in [1.29, 1.82) is 0 Å². The molecule has 0 amide bonds. The van der Waals surface area contributed by atoms with Gasteiger partial charge in [0.2, 0.25) is 0 Å². The molecular weight excluding hydrogens is 282 g/mol.